The van der Waals surface area contributed by atoms with Crippen LogP contribution < -0.4 is 10.2 Å². The van der Waals surface area contributed by atoms with Crippen LogP contribution in [0.5, 0.6) is 0 Å². The number of nitrogens with zero attached hydrogens (tertiary/aromatic N) is 5. The third-order valence-electron chi connectivity index (χ3n) is 5.86. The van der Waals surface area contributed by atoms with Gasteiger partial charge >= 0.3 is 6.03 Å². The van der Waals surface area contributed by atoms with Crippen LogP contribution in [0, 0.1) is 5.41 Å². The Bertz CT molecular complexity index is 875. The molecule has 3 heterocycles. The van der Waals surface area contributed by atoms with Gasteiger partial charge in [0, 0.05) is 51.8 Å². The number of fused-ring (bicyclic) bond motifs is 1. The fourth-order valence-corrected chi connectivity index (χ4v) is 4.58. The van der Waals surface area contributed by atoms with E-state index in [1.165, 1.54) is 0 Å². The molecule has 2 aliphatic rings. The third-order valence-corrected chi connectivity index (χ3v) is 5.86. The second kappa shape index (κ2) is 7.69. The highest BCUT2D eigenvalue weighted by Crippen LogP contribution is 2.44. The smallest absolute Gasteiger partial charge is 0.321 e. The molecule has 2 aromatic rings. The molecule has 2 fully saturated rings. The maximum absolute atomic E-state index is 13.3. The van der Waals surface area contributed by atoms with Crippen molar-refractivity contribution in [1.82, 2.24) is 19.8 Å². The first-order valence-corrected chi connectivity index (χ1v) is 9.88. The number of carbonyl (C=O) groups excluding carboxylic acids is 2. The highest BCUT2D eigenvalue weighted by Gasteiger charge is 2.57. The molecule has 2 aliphatic heterocycles. The third kappa shape index (κ3) is 3.50. The summed E-state index contributed by atoms with van der Waals surface area (Å²) in [5, 5.41) is 2.95. The molecule has 0 spiro atoms. The highest BCUT2D eigenvalue weighted by atomic mass is 16.2. The molecule has 1 aromatic heterocycles. The molecule has 152 valence electrons. The molecule has 0 aliphatic carbocycles. The number of likely N-dealkylation sites (tertiary alicyclic amines) is 1. The first-order chi connectivity index (χ1) is 14.0. The van der Waals surface area contributed by atoms with Crippen molar-refractivity contribution in [3.05, 3.63) is 48.8 Å². The largest absolute Gasteiger partial charge is 0.348 e. The average molecular weight is 394 g/mol. The standard InChI is InChI=1S/C21H26N6O2/c1-25(2)18(28)21-10-6-13-27(19-22-11-7-12-23-19)17(21)14-26(15-21)20(29)24-16-8-4-3-5-9-16/h3-5,7-9,11-12,17H,6,10,13-15H2,1-2H3,(H,24,29)/t17-,21-/m0/s1. The molecule has 0 saturated carbocycles. The Morgan fingerprint density at radius 2 is 1.86 bits per heavy atom. The first kappa shape index (κ1) is 19.2. The van der Waals surface area contributed by atoms with Gasteiger partial charge < -0.3 is 20.0 Å². The number of benzene rings is 1. The van der Waals surface area contributed by atoms with Crippen molar-refractivity contribution >= 4 is 23.6 Å². The average Bonchev–Trinajstić information content (AvgIpc) is 3.15. The van der Waals surface area contributed by atoms with E-state index in [1.54, 1.807) is 42.4 Å². The molecule has 0 unspecified atom stereocenters. The van der Waals surface area contributed by atoms with Gasteiger partial charge in [-0.2, -0.15) is 0 Å². The van der Waals surface area contributed by atoms with Gasteiger partial charge in [-0.25, -0.2) is 14.8 Å². The minimum Gasteiger partial charge on any atom is -0.348 e. The maximum Gasteiger partial charge on any atom is 0.321 e. The number of nitrogens with one attached hydrogen (secondary N) is 1. The predicted octanol–water partition coefficient (Wildman–Crippen LogP) is 2.07. The van der Waals surface area contributed by atoms with Gasteiger partial charge in [-0.3, -0.25) is 4.79 Å². The Hall–Kier alpha value is -3.16. The summed E-state index contributed by atoms with van der Waals surface area (Å²) in [5.41, 5.74) is 0.0817. The fourth-order valence-electron chi connectivity index (χ4n) is 4.58. The van der Waals surface area contributed by atoms with Crippen LogP contribution in [0.4, 0.5) is 16.4 Å². The van der Waals surface area contributed by atoms with E-state index < -0.39 is 5.41 Å². The van der Waals surface area contributed by atoms with Gasteiger partial charge in [-0.05, 0) is 31.0 Å². The lowest BCUT2D eigenvalue weighted by Gasteiger charge is -2.45. The van der Waals surface area contributed by atoms with E-state index in [1.807, 2.05) is 30.3 Å². The van der Waals surface area contributed by atoms with E-state index in [9.17, 15) is 9.59 Å². The van der Waals surface area contributed by atoms with Gasteiger partial charge in [0.1, 0.15) is 0 Å². The molecule has 1 aromatic carbocycles. The molecule has 2 saturated heterocycles. The minimum absolute atomic E-state index is 0.0538. The summed E-state index contributed by atoms with van der Waals surface area (Å²) in [4.78, 5) is 40.6. The second-order valence-electron chi connectivity index (χ2n) is 7.89. The van der Waals surface area contributed by atoms with Crippen molar-refractivity contribution in [3.63, 3.8) is 0 Å². The summed E-state index contributed by atoms with van der Waals surface area (Å²) in [6, 6.07) is 10.8. The van der Waals surface area contributed by atoms with Crippen molar-refractivity contribution in [2.75, 3.05) is 43.9 Å². The van der Waals surface area contributed by atoms with Crippen LogP contribution in [0.1, 0.15) is 12.8 Å². The lowest BCUT2D eigenvalue weighted by molar-refractivity contribution is -0.140. The summed E-state index contributed by atoms with van der Waals surface area (Å²) in [5.74, 6) is 0.664. The zero-order chi connectivity index (χ0) is 20.4. The van der Waals surface area contributed by atoms with Crippen LogP contribution in [0.15, 0.2) is 48.8 Å². The SMILES string of the molecule is CN(C)C(=O)[C@]12CCCN(c3ncccn3)[C@H]1CN(C(=O)Nc1ccccc1)C2. The van der Waals surface area contributed by atoms with Gasteiger partial charge in [0.2, 0.25) is 11.9 Å². The van der Waals surface area contributed by atoms with E-state index in [4.69, 9.17) is 0 Å². The van der Waals surface area contributed by atoms with Crippen molar-refractivity contribution in [1.29, 1.82) is 0 Å². The number of amides is 3. The Morgan fingerprint density at radius 3 is 2.55 bits per heavy atom. The Morgan fingerprint density at radius 1 is 1.14 bits per heavy atom. The number of rotatable bonds is 3. The number of carbonyl (C=O) groups is 2. The summed E-state index contributed by atoms with van der Waals surface area (Å²) in [6.07, 6.45) is 5.01. The predicted molar refractivity (Wildman–Crippen MR) is 111 cm³/mol. The summed E-state index contributed by atoms with van der Waals surface area (Å²) >= 11 is 0. The summed E-state index contributed by atoms with van der Waals surface area (Å²) < 4.78 is 0. The highest BCUT2D eigenvalue weighted by molar-refractivity contribution is 5.92. The van der Waals surface area contributed by atoms with Gasteiger partial charge in [-0.1, -0.05) is 18.2 Å². The topological polar surface area (TPSA) is 81.7 Å². The van der Waals surface area contributed by atoms with Crippen LogP contribution >= 0.6 is 0 Å². The number of hydrogen-bond donors (Lipinski definition) is 1. The number of piperidine rings is 1. The summed E-state index contributed by atoms with van der Waals surface area (Å²) in [6.45, 7) is 1.61. The van der Waals surface area contributed by atoms with Gasteiger partial charge in [-0.15, -0.1) is 0 Å². The first-order valence-electron chi connectivity index (χ1n) is 9.88. The molecule has 8 heteroatoms. The molecular formula is C21H26N6O2. The van der Waals surface area contributed by atoms with Crippen LogP contribution in [0.2, 0.25) is 0 Å². The van der Waals surface area contributed by atoms with Gasteiger partial charge in [0.15, 0.2) is 0 Å². The number of urea groups is 1. The van der Waals surface area contributed by atoms with Crippen LogP contribution in [0.3, 0.4) is 0 Å². The zero-order valence-corrected chi connectivity index (χ0v) is 16.8. The molecule has 8 nitrogen and oxygen atoms in total. The molecule has 0 radical (unpaired) electrons. The molecular weight excluding hydrogens is 368 g/mol. The van der Waals surface area contributed by atoms with Crippen molar-refractivity contribution < 1.29 is 9.59 Å². The molecule has 29 heavy (non-hydrogen) atoms. The van der Waals surface area contributed by atoms with Gasteiger partial charge in [0.05, 0.1) is 11.5 Å². The molecule has 3 amide bonds. The van der Waals surface area contributed by atoms with E-state index >= 15 is 0 Å². The zero-order valence-electron chi connectivity index (χ0n) is 16.8. The summed E-state index contributed by atoms with van der Waals surface area (Å²) in [7, 11) is 3.55. The van der Waals surface area contributed by atoms with Crippen LogP contribution in [0.25, 0.3) is 0 Å². The minimum atomic E-state index is -0.658. The van der Waals surface area contributed by atoms with Crippen molar-refractivity contribution in [2.45, 2.75) is 18.9 Å². The van der Waals surface area contributed by atoms with Gasteiger partial charge in [0.25, 0.3) is 0 Å². The number of anilines is 2. The van der Waals surface area contributed by atoms with Crippen LogP contribution in [-0.4, -0.2) is 71.5 Å². The monoisotopic (exact) mass is 394 g/mol. The van der Waals surface area contributed by atoms with Crippen molar-refractivity contribution in [2.24, 2.45) is 5.41 Å². The number of aromatic nitrogens is 2. The van der Waals surface area contributed by atoms with Crippen molar-refractivity contribution in [3.8, 4) is 0 Å². The Kier molecular flexibility index (Phi) is 5.08. The second-order valence-corrected chi connectivity index (χ2v) is 7.89. The van der Waals surface area contributed by atoms with E-state index in [2.05, 4.69) is 20.2 Å². The lowest BCUT2D eigenvalue weighted by Crippen LogP contribution is -2.58. The Labute approximate surface area is 170 Å². The molecule has 1 N–H and O–H groups in total. The fraction of sp³-hybridized carbons (Fsp3) is 0.429. The van der Waals surface area contributed by atoms with Crippen LogP contribution in [-0.2, 0) is 4.79 Å². The number of para-hydroxylation sites is 1. The Balaban J connectivity index is 1.64. The molecule has 4 rings (SSSR count). The van der Waals surface area contributed by atoms with E-state index in [0.717, 1.165) is 25.1 Å². The normalized spacial score (nSPS) is 23.4. The molecule has 2 atom stereocenters. The maximum atomic E-state index is 13.3. The van der Waals surface area contributed by atoms with E-state index in [-0.39, 0.29) is 18.0 Å². The lowest BCUT2D eigenvalue weighted by atomic mass is 9.74. The molecule has 0 bridgehead atoms. The quantitative estimate of drug-likeness (QED) is 0.862. The van der Waals surface area contributed by atoms with E-state index in [0.29, 0.717) is 19.0 Å². The number of hydrogen-bond acceptors (Lipinski definition) is 5.